The number of hydrogen-bond donors (Lipinski definition) is 2. The first kappa shape index (κ1) is 22.5. The van der Waals surface area contributed by atoms with Crippen LogP contribution in [0, 0.1) is 0 Å². The molecule has 0 bridgehead atoms. The second-order valence-electron chi connectivity index (χ2n) is 8.05. The minimum atomic E-state index is -3.91. The Hall–Kier alpha value is -2.34. The first-order chi connectivity index (χ1) is 15.9. The van der Waals surface area contributed by atoms with Gasteiger partial charge in [0.2, 0.25) is 0 Å². The third-order valence-electron chi connectivity index (χ3n) is 5.93. The molecule has 0 aliphatic carbocycles. The van der Waals surface area contributed by atoms with Gasteiger partial charge in [-0.1, -0.05) is 17.7 Å². The molecule has 4 aromatic rings. The van der Waals surface area contributed by atoms with E-state index in [1.165, 1.54) is 4.31 Å². The van der Waals surface area contributed by atoms with E-state index in [1.54, 1.807) is 36.7 Å². The number of carbonyl (C=O) groups excluding carboxylic acids is 1. The monoisotopic (exact) mass is 504 g/mol. The quantitative estimate of drug-likeness (QED) is 0.391. The molecule has 2 unspecified atom stereocenters. The number of aromatic amines is 1. The average molecular weight is 505 g/mol. The van der Waals surface area contributed by atoms with Gasteiger partial charge in [-0.25, -0.2) is 8.42 Å². The van der Waals surface area contributed by atoms with Crippen molar-refractivity contribution < 1.29 is 18.3 Å². The summed E-state index contributed by atoms with van der Waals surface area (Å²) in [7, 11) is -3.91. The number of aliphatic hydroxyl groups is 1. The van der Waals surface area contributed by atoms with E-state index < -0.39 is 22.1 Å². The Labute approximate surface area is 199 Å². The van der Waals surface area contributed by atoms with Gasteiger partial charge in [0, 0.05) is 58.3 Å². The van der Waals surface area contributed by atoms with Crippen molar-refractivity contribution in [1.82, 2.24) is 19.2 Å². The number of aldehydes is 1. The van der Waals surface area contributed by atoms with Gasteiger partial charge < -0.3 is 14.9 Å². The summed E-state index contributed by atoms with van der Waals surface area (Å²) in [4.78, 5) is 21.3. The summed E-state index contributed by atoms with van der Waals surface area (Å²) in [6.07, 6.45) is 4.22. The molecule has 4 heterocycles. The van der Waals surface area contributed by atoms with Crippen molar-refractivity contribution in [2.24, 2.45) is 0 Å². The Morgan fingerprint density at radius 1 is 1.21 bits per heavy atom. The number of carbonyl (C=O) groups is 1. The molecular formula is C22H21ClN4O4S2. The second kappa shape index (κ2) is 8.79. The molecule has 0 spiro atoms. The van der Waals surface area contributed by atoms with E-state index in [4.69, 9.17) is 11.6 Å². The molecule has 1 aromatic carbocycles. The number of thiophene rings is 1. The van der Waals surface area contributed by atoms with Crippen LogP contribution in [0.1, 0.15) is 5.69 Å². The lowest BCUT2D eigenvalue weighted by molar-refractivity contribution is -0.115. The predicted octanol–water partition coefficient (Wildman–Crippen LogP) is 2.87. The van der Waals surface area contributed by atoms with E-state index in [0.717, 1.165) is 44.3 Å². The Morgan fingerprint density at radius 3 is 2.82 bits per heavy atom. The van der Waals surface area contributed by atoms with Gasteiger partial charge >= 0.3 is 0 Å². The normalized spacial score (nSPS) is 20.5. The Kier molecular flexibility index (Phi) is 5.98. The summed E-state index contributed by atoms with van der Waals surface area (Å²) in [6.45, 7) is 0.260. The number of pyridine rings is 1. The number of H-pyrrole nitrogens is 1. The molecule has 0 radical (unpaired) electrons. The molecule has 1 saturated heterocycles. The van der Waals surface area contributed by atoms with Crippen LogP contribution in [0.25, 0.3) is 21.0 Å². The van der Waals surface area contributed by atoms with Crippen molar-refractivity contribution in [1.29, 1.82) is 0 Å². The fraction of sp³-hybridized carbons (Fsp3) is 0.273. The molecule has 2 atom stereocenters. The lowest BCUT2D eigenvalue weighted by Crippen LogP contribution is -2.60. The van der Waals surface area contributed by atoms with Crippen molar-refractivity contribution in [3.05, 3.63) is 59.5 Å². The zero-order valence-corrected chi connectivity index (χ0v) is 19.8. The van der Waals surface area contributed by atoms with Gasteiger partial charge in [-0.05, 0) is 35.7 Å². The molecule has 11 heteroatoms. The van der Waals surface area contributed by atoms with Crippen molar-refractivity contribution in [3.8, 4) is 0 Å². The zero-order valence-electron chi connectivity index (χ0n) is 17.4. The van der Waals surface area contributed by atoms with Crippen LogP contribution in [-0.4, -0.2) is 70.8 Å². The molecule has 8 nitrogen and oxygen atoms in total. The third kappa shape index (κ3) is 4.18. The van der Waals surface area contributed by atoms with E-state index in [9.17, 15) is 18.3 Å². The number of hydrogen-bond acceptors (Lipinski definition) is 7. The number of piperazine rings is 1. The maximum absolute atomic E-state index is 13.5. The van der Waals surface area contributed by atoms with Gasteiger partial charge in [0.25, 0.3) is 10.0 Å². The molecule has 172 valence electrons. The molecular weight excluding hydrogens is 484 g/mol. The molecule has 1 aliphatic rings. The number of nitrogens with zero attached hydrogens (tertiary/aromatic N) is 3. The summed E-state index contributed by atoms with van der Waals surface area (Å²) >= 11 is 7.18. The average Bonchev–Trinajstić information content (AvgIpc) is 3.42. The number of sulfonamides is 1. The SMILES string of the molecule is O=CC1CN(S(=O)(=O)c2cc3ccc(Cl)cc3s2)C(CO)CN1Cc1cc2cnccc2[nH]1. The smallest absolute Gasteiger partial charge is 0.253 e. The van der Waals surface area contributed by atoms with Gasteiger partial charge in [0.15, 0.2) is 0 Å². The van der Waals surface area contributed by atoms with Crippen LogP contribution in [-0.2, 0) is 21.4 Å². The molecule has 1 fully saturated rings. The van der Waals surface area contributed by atoms with Crippen molar-refractivity contribution in [3.63, 3.8) is 0 Å². The molecule has 5 rings (SSSR count). The number of aliphatic hydroxyl groups excluding tert-OH is 1. The number of benzene rings is 1. The first-order valence-electron chi connectivity index (χ1n) is 10.3. The Bertz CT molecular complexity index is 1400. The number of rotatable bonds is 6. The molecule has 33 heavy (non-hydrogen) atoms. The Morgan fingerprint density at radius 2 is 2.06 bits per heavy atom. The largest absolute Gasteiger partial charge is 0.395 e. The summed E-state index contributed by atoms with van der Waals surface area (Å²) in [5.41, 5.74) is 1.83. The van der Waals surface area contributed by atoms with Gasteiger partial charge in [-0.2, -0.15) is 4.31 Å². The number of nitrogens with one attached hydrogen (secondary N) is 1. The molecule has 2 N–H and O–H groups in total. The summed E-state index contributed by atoms with van der Waals surface area (Å²) in [5, 5.41) is 12.3. The van der Waals surface area contributed by atoms with Crippen LogP contribution in [0.3, 0.4) is 0 Å². The summed E-state index contributed by atoms with van der Waals surface area (Å²) in [5.74, 6) is 0. The Balaban J connectivity index is 1.42. The number of halogens is 1. The van der Waals surface area contributed by atoms with Crippen molar-refractivity contribution in [2.45, 2.75) is 22.8 Å². The fourth-order valence-electron chi connectivity index (χ4n) is 4.26. The summed E-state index contributed by atoms with van der Waals surface area (Å²) < 4.78 is 29.2. The first-order valence-corrected chi connectivity index (χ1v) is 13.0. The number of aromatic nitrogens is 2. The maximum Gasteiger partial charge on any atom is 0.253 e. The fourth-order valence-corrected chi connectivity index (χ4v) is 7.69. The standard InChI is InChI=1S/C22H21ClN4O4S2/c23-16-2-1-14-6-22(32-21(14)7-16)33(30,31)27-11-18(12-28)26(10-19(27)13-29)9-17-5-15-8-24-4-3-20(15)25-17/h1-8,12,18-19,25,29H,9-11,13H2. The van der Waals surface area contributed by atoms with E-state index in [1.807, 2.05) is 17.0 Å². The van der Waals surface area contributed by atoms with Gasteiger partial charge in [0.1, 0.15) is 10.5 Å². The van der Waals surface area contributed by atoms with Crippen LogP contribution in [0.4, 0.5) is 0 Å². The summed E-state index contributed by atoms with van der Waals surface area (Å²) in [6, 6.07) is 9.34. The lowest BCUT2D eigenvalue weighted by atomic mass is 10.1. The minimum Gasteiger partial charge on any atom is -0.395 e. The predicted molar refractivity (Wildman–Crippen MR) is 128 cm³/mol. The van der Waals surface area contributed by atoms with E-state index in [0.29, 0.717) is 11.6 Å². The third-order valence-corrected chi connectivity index (χ3v) is 9.63. The highest BCUT2D eigenvalue weighted by Crippen LogP contribution is 2.34. The van der Waals surface area contributed by atoms with E-state index >= 15 is 0 Å². The lowest BCUT2D eigenvalue weighted by Gasteiger charge is -2.42. The van der Waals surface area contributed by atoms with Crippen molar-refractivity contribution >= 4 is 60.2 Å². The minimum absolute atomic E-state index is 0.0339. The van der Waals surface area contributed by atoms with Crippen LogP contribution >= 0.6 is 22.9 Å². The van der Waals surface area contributed by atoms with Crippen LogP contribution in [0.2, 0.25) is 5.02 Å². The second-order valence-corrected chi connectivity index (χ2v) is 11.7. The maximum atomic E-state index is 13.5. The molecule has 0 saturated carbocycles. The van der Waals surface area contributed by atoms with E-state index in [-0.39, 0.29) is 23.9 Å². The van der Waals surface area contributed by atoms with Crippen LogP contribution in [0.15, 0.2) is 53.0 Å². The zero-order chi connectivity index (χ0) is 23.2. The highest BCUT2D eigenvalue weighted by Gasteiger charge is 2.41. The molecule has 3 aromatic heterocycles. The van der Waals surface area contributed by atoms with Gasteiger partial charge in [0.05, 0.1) is 18.7 Å². The van der Waals surface area contributed by atoms with Gasteiger partial charge in [-0.3, -0.25) is 9.88 Å². The van der Waals surface area contributed by atoms with Crippen LogP contribution in [0.5, 0.6) is 0 Å². The highest BCUT2D eigenvalue weighted by atomic mass is 35.5. The number of fused-ring (bicyclic) bond motifs is 2. The topological polar surface area (TPSA) is 107 Å². The highest BCUT2D eigenvalue weighted by molar-refractivity contribution is 7.91. The molecule has 0 amide bonds. The van der Waals surface area contributed by atoms with Crippen molar-refractivity contribution in [2.75, 3.05) is 19.7 Å². The van der Waals surface area contributed by atoms with Gasteiger partial charge in [-0.15, -0.1) is 11.3 Å². The van der Waals surface area contributed by atoms with E-state index in [2.05, 4.69) is 9.97 Å². The van der Waals surface area contributed by atoms with Crippen LogP contribution < -0.4 is 0 Å². The molecule has 1 aliphatic heterocycles.